The van der Waals surface area contributed by atoms with Crippen LogP contribution in [0.15, 0.2) is 17.2 Å². The summed E-state index contributed by atoms with van der Waals surface area (Å²) in [5.41, 5.74) is 3.95. The summed E-state index contributed by atoms with van der Waals surface area (Å²) in [6.07, 6.45) is 1.66. The normalized spacial score (nSPS) is 19.8. The standard InChI is InChI=1S/C15H18F2N2O4S/c1-9-5-11(6-10(2)13(9)23-15(16)17)7-18-19-14(20)12-3-4-24(21,22)8-12/h5-7,12,15H,3-4,8H2,1-2H3,(H,19,20)/b18-7-/t12-/m0/s1. The van der Waals surface area contributed by atoms with E-state index in [9.17, 15) is 22.0 Å². The highest BCUT2D eigenvalue weighted by Gasteiger charge is 2.32. The van der Waals surface area contributed by atoms with Crippen LogP contribution in [0.4, 0.5) is 8.78 Å². The first-order valence-electron chi connectivity index (χ1n) is 7.27. The molecule has 1 saturated heterocycles. The molecule has 1 aliphatic heterocycles. The molecule has 1 heterocycles. The summed E-state index contributed by atoms with van der Waals surface area (Å²) < 4.78 is 51.8. The van der Waals surface area contributed by atoms with Gasteiger partial charge in [0.05, 0.1) is 23.6 Å². The van der Waals surface area contributed by atoms with Crippen molar-refractivity contribution in [2.24, 2.45) is 11.0 Å². The molecule has 2 rings (SSSR count). The third-order valence-electron chi connectivity index (χ3n) is 3.68. The van der Waals surface area contributed by atoms with Crippen molar-refractivity contribution in [1.29, 1.82) is 0 Å². The summed E-state index contributed by atoms with van der Waals surface area (Å²) in [5, 5.41) is 3.80. The van der Waals surface area contributed by atoms with Gasteiger partial charge in [0.1, 0.15) is 5.75 Å². The smallest absolute Gasteiger partial charge is 0.387 e. The molecule has 1 fully saturated rings. The highest BCUT2D eigenvalue weighted by molar-refractivity contribution is 7.91. The average Bonchev–Trinajstić information content (AvgIpc) is 2.83. The molecule has 0 spiro atoms. The first-order chi connectivity index (χ1) is 11.2. The Morgan fingerprint density at radius 3 is 2.50 bits per heavy atom. The monoisotopic (exact) mass is 360 g/mol. The van der Waals surface area contributed by atoms with Crippen molar-refractivity contribution in [3.63, 3.8) is 0 Å². The Morgan fingerprint density at radius 1 is 1.38 bits per heavy atom. The van der Waals surface area contributed by atoms with Crippen LogP contribution < -0.4 is 10.2 Å². The quantitative estimate of drug-likeness (QED) is 0.641. The third kappa shape index (κ3) is 4.73. The largest absolute Gasteiger partial charge is 0.434 e. The van der Waals surface area contributed by atoms with Gasteiger partial charge in [-0.15, -0.1) is 0 Å². The predicted octanol–water partition coefficient (Wildman–Crippen LogP) is 1.79. The van der Waals surface area contributed by atoms with Crippen LogP contribution in [0.2, 0.25) is 0 Å². The number of carbonyl (C=O) groups is 1. The predicted molar refractivity (Wildman–Crippen MR) is 85.0 cm³/mol. The highest BCUT2D eigenvalue weighted by Crippen LogP contribution is 2.26. The first kappa shape index (κ1) is 18.3. The van der Waals surface area contributed by atoms with Gasteiger partial charge in [0, 0.05) is 0 Å². The topological polar surface area (TPSA) is 84.8 Å². The second-order valence-corrected chi connectivity index (χ2v) is 7.93. The molecule has 0 radical (unpaired) electrons. The zero-order valence-electron chi connectivity index (χ0n) is 13.3. The number of carbonyl (C=O) groups excluding carboxylic acids is 1. The lowest BCUT2D eigenvalue weighted by Gasteiger charge is -2.12. The number of hydrazone groups is 1. The van der Waals surface area contributed by atoms with E-state index in [0.29, 0.717) is 23.1 Å². The SMILES string of the molecule is Cc1cc(/C=N\NC(=O)[C@H]2CCS(=O)(=O)C2)cc(C)c1OC(F)F. The number of amides is 1. The minimum atomic E-state index is -3.13. The van der Waals surface area contributed by atoms with Crippen molar-refractivity contribution in [2.75, 3.05) is 11.5 Å². The lowest BCUT2D eigenvalue weighted by Crippen LogP contribution is -2.27. The number of halogens is 2. The Kier molecular flexibility index (Phi) is 5.53. The maximum absolute atomic E-state index is 12.3. The Hall–Kier alpha value is -2.03. The molecule has 24 heavy (non-hydrogen) atoms. The van der Waals surface area contributed by atoms with Gasteiger partial charge in [0.25, 0.3) is 0 Å². The number of benzene rings is 1. The van der Waals surface area contributed by atoms with Gasteiger partial charge in [-0.2, -0.15) is 13.9 Å². The number of aryl methyl sites for hydroxylation is 2. The number of nitrogens with zero attached hydrogens (tertiary/aromatic N) is 1. The fourth-order valence-corrected chi connectivity index (χ4v) is 4.34. The van der Waals surface area contributed by atoms with E-state index in [1.165, 1.54) is 6.21 Å². The second-order valence-electron chi connectivity index (χ2n) is 5.70. The summed E-state index contributed by atoms with van der Waals surface area (Å²) in [7, 11) is -3.13. The van der Waals surface area contributed by atoms with Crippen molar-refractivity contribution in [3.8, 4) is 5.75 Å². The van der Waals surface area contributed by atoms with Gasteiger partial charge in [-0.3, -0.25) is 4.79 Å². The van der Waals surface area contributed by atoms with Crippen molar-refractivity contribution in [3.05, 3.63) is 28.8 Å². The minimum absolute atomic E-state index is 0.0127. The molecule has 0 saturated carbocycles. The van der Waals surface area contributed by atoms with Crippen molar-refractivity contribution in [2.45, 2.75) is 26.9 Å². The molecular weight excluding hydrogens is 342 g/mol. The van der Waals surface area contributed by atoms with Crippen LogP contribution in [0, 0.1) is 19.8 Å². The van der Waals surface area contributed by atoms with E-state index in [1.807, 2.05) is 0 Å². The molecule has 1 amide bonds. The van der Waals surface area contributed by atoms with Crippen LogP contribution in [0.5, 0.6) is 5.75 Å². The van der Waals surface area contributed by atoms with E-state index in [1.54, 1.807) is 26.0 Å². The third-order valence-corrected chi connectivity index (χ3v) is 5.45. The zero-order valence-corrected chi connectivity index (χ0v) is 14.1. The van der Waals surface area contributed by atoms with E-state index in [-0.39, 0.29) is 17.3 Å². The maximum Gasteiger partial charge on any atom is 0.387 e. The maximum atomic E-state index is 12.3. The fraction of sp³-hybridized carbons (Fsp3) is 0.467. The van der Waals surface area contributed by atoms with Crippen molar-refractivity contribution < 1.29 is 26.7 Å². The van der Waals surface area contributed by atoms with E-state index in [4.69, 9.17) is 0 Å². The number of ether oxygens (including phenoxy) is 1. The lowest BCUT2D eigenvalue weighted by molar-refractivity contribution is -0.124. The van der Waals surface area contributed by atoms with Gasteiger partial charge in [-0.1, -0.05) is 0 Å². The molecule has 1 aromatic carbocycles. The van der Waals surface area contributed by atoms with Gasteiger partial charge in [0.2, 0.25) is 5.91 Å². The molecule has 0 unspecified atom stereocenters. The highest BCUT2D eigenvalue weighted by atomic mass is 32.2. The van der Waals surface area contributed by atoms with Crippen LogP contribution >= 0.6 is 0 Å². The van der Waals surface area contributed by atoms with Gasteiger partial charge in [0.15, 0.2) is 9.84 Å². The van der Waals surface area contributed by atoms with Crippen LogP contribution in [0.1, 0.15) is 23.1 Å². The number of hydrogen-bond donors (Lipinski definition) is 1. The molecule has 9 heteroatoms. The molecule has 1 aromatic rings. The summed E-state index contributed by atoms with van der Waals surface area (Å²) >= 11 is 0. The summed E-state index contributed by atoms with van der Waals surface area (Å²) in [6.45, 7) is 0.359. The molecule has 1 atom stereocenters. The molecule has 0 aromatic heterocycles. The number of nitrogens with one attached hydrogen (secondary N) is 1. The number of sulfone groups is 1. The lowest BCUT2D eigenvalue weighted by atomic mass is 10.1. The zero-order chi connectivity index (χ0) is 17.9. The summed E-state index contributed by atoms with van der Waals surface area (Å²) in [4.78, 5) is 11.8. The molecule has 1 N–H and O–H groups in total. The fourth-order valence-electron chi connectivity index (χ4n) is 2.60. The van der Waals surface area contributed by atoms with Crippen LogP contribution in [0.25, 0.3) is 0 Å². The molecule has 132 valence electrons. The van der Waals surface area contributed by atoms with Gasteiger partial charge in [-0.25, -0.2) is 13.8 Å². The van der Waals surface area contributed by atoms with E-state index in [2.05, 4.69) is 15.3 Å². The Morgan fingerprint density at radius 2 is 2.00 bits per heavy atom. The first-order valence-corrected chi connectivity index (χ1v) is 9.09. The molecular formula is C15H18F2N2O4S. The Labute approximate surface area is 138 Å². The van der Waals surface area contributed by atoms with E-state index < -0.39 is 28.3 Å². The number of rotatable bonds is 5. The molecule has 0 bridgehead atoms. The van der Waals surface area contributed by atoms with Crippen LogP contribution in [0.3, 0.4) is 0 Å². The molecule has 1 aliphatic rings. The number of hydrogen-bond acceptors (Lipinski definition) is 5. The Bertz CT molecular complexity index is 740. The van der Waals surface area contributed by atoms with Crippen molar-refractivity contribution in [1.82, 2.24) is 5.43 Å². The van der Waals surface area contributed by atoms with E-state index in [0.717, 1.165) is 0 Å². The van der Waals surface area contributed by atoms with Gasteiger partial charge < -0.3 is 4.74 Å². The van der Waals surface area contributed by atoms with Gasteiger partial charge in [-0.05, 0) is 49.1 Å². The second kappa shape index (κ2) is 7.25. The molecule has 0 aliphatic carbocycles. The number of alkyl halides is 2. The average molecular weight is 360 g/mol. The minimum Gasteiger partial charge on any atom is -0.434 e. The van der Waals surface area contributed by atoms with E-state index >= 15 is 0 Å². The summed E-state index contributed by atoms with van der Waals surface area (Å²) in [6, 6.07) is 3.20. The summed E-state index contributed by atoms with van der Waals surface area (Å²) in [5.74, 6) is -1.07. The van der Waals surface area contributed by atoms with Crippen molar-refractivity contribution >= 4 is 22.0 Å². The Balaban J connectivity index is 2.01. The van der Waals surface area contributed by atoms with Crippen LogP contribution in [-0.2, 0) is 14.6 Å². The molecule has 6 nitrogen and oxygen atoms in total. The van der Waals surface area contributed by atoms with Crippen LogP contribution in [-0.4, -0.2) is 38.7 Å². The van der Waals surface area contributed by atoms with Gasteiger partial charge >= 0.3 is 6.61 Å².